The van der Waals surface area contributed by atoms with Crippen LogP contribution in [-0.4, -0.2) is 23.2 Å². The molecular weight excluding hydrogens is 232 g/mol. The molecule has 0 saturated heterocycles. The Morgan fingerprint density at radius 3 is 2.56 bits per heavy atom. The summed E-state index contributed by atoms with van der Waals surface area (Å²) in [5, 5.41) is 14.0. The molecule has 2 aromatic rings. The molecule has 2 aromatic carbocycles. The number of nitrogens with one attached hydrogen (secondary N) is 1. The second-order valence-electron chi connectivity index (χ2n) is 3.61. The Bertz CT molecular complexity index is 635. The molecule has 0 aliphatic rings. The van der Waals surface area contributed by atoms with Crippen molar-refractivity contribution in [3.05, 3.63) is 48.0 Å². The van der Waals surface area contributed by atoms with Crippen LogP contribution in [0.1, 0.15) is 5.56 Å². The fourth-order valence-electron chi connectivity index (χ4n) is 1.50. The van der Waals surface area contributed by atoms with E-state index in [-0.39, 0.29) is 0 Å². The molecule has 0 heterocycles. The van der Waals surface area contributed by atoms with Crippen molar-refractivity contribution < 1.29 is 14.7 Å². The third kappa shape index (κ3) is 2.70. The van der Waals surface area contributed by atoms with Gasteiger partial charge in [-0.3, -0.25) is 4.79 Å². The van der Waals surface area contributed by atoms with E-state index in [2.05, 4.69) is 5.10 Å². The first-order valence-corrected chi connectivity index (χ1v) is 5.22. The smallest absolute Gasteiger partial charge is 0.396 e. The third-order valence-electron chi connectivity index (χ3n) is 2.35. The average Bonchev–Trinajstić information content (AvgIpc) is 2.38. The van der Waals surface area contributed by atoms with E-state index in [9.17, 15) is 9.59 Å². The van der Waals surface area contributed by atoms with Gasteiger partial charge in [0, 0.05) is 0 Å². The van der Waals surface area contributed by atoms with Gasteiger partial charge < -0.3 is 5.11 Å². The number of carbonyl (C=O) groups excluding carboxylic acids is 1. The van der Waals surface area contributed by atoms with Gasteiger partial charge in [0.15, 0.2) is 0 Å². The molecule has 5 heteroatoms. The van der Waals surface area contributed by atoms with Crippen LogP contribution in [0, 0.1) is 0 Å². The molecule has 0 unspecified atom stereocenters. The first-order valence-electron chi connectivity index (χ1n) is 5.22. The molecular formula is C13H10N2O3. The van der Waals surface area contributed by atoms with E-state index in [0.29, 0.717) is 0 Å². The summed E-state index contributed by atoms with van der Waals surface area (Å²) >= 11 is 0. The number of carboxylic acid groups (broad SMARTS) is 1. The lowest BCUT2D eigenvalue weighted by molar-refractivity contribution is -0.150. The van der Waals surface area contributed by atoms with Crippen molar-refractivity contribution in [3.63, 3.8) is 0 Å². The van der Waals surface area contributed by atoms with Crippen LogP contribution in [0.5, 0.6) is 0 Å². The highest BCUT2D eigenvalue weighted by Crippen LogP contribution is 2.14. The summed E-state index contributed by atoms with van der Waals surface area (Å²) in [6, 6.07) is 13.5. The highest BCUT2D eigenvalue weighted by molar-refractivity contribution is 6.31. The lowest BCUT2D eigenvalue weighted by Crippen LogP contribution is -2.26. The molecule has 90 valence electrons. The van der Waals surface area contributed by atoms with Crippen LogP contribution < -0.4 is 5.43 Å². The third-order valence-corrected chi connectivity index (χ3v) is 2.35. The van der Waals surface area contributed by atoms with Crippen molar-refractivity contribution >= 4 is 28.9 Å². The monoisotopic (exact) mass is 242 g/mol. The number of carboxylic acids is 1. The van der Waals surface area contributed by atoms with Gasteiger partial charge in [0.1, 0.15) is 0 Å². The largest absolute Gasteiger partial charge is 0.474 e. The van der Waals surface area contributed by atoms with Gasteiger partial charge in [-0.2, -0.15) is 5.10 Å². The molecule has 0 aromatic heterocycles. The van der Waals surface area contributed by atoms with Crippen molar-refractivity contribution in [1.29, 1.82) is 0 Å². The van der Waals surface area contributed by atoms with Crippen molar-refractivity contribution in [2.45, 2.75) is 0 Å². The van der Waals surface area contributed by atoms with Gasteiger partial charge in [0.05, 0.1) is 6.21 Å². The molecule has 0 fully saturated rings. The summed E-state index contributed by atoms with van der Waals surface area (Å²) in [6.07, 6.45) is 1.40. The average molecular weight is 242 g/mol. The van der Waals surface area contributed by atoms with Gasteiger partial charge in [0.2, 0.25) is 0 Å². The van der Waals surface area contributed by atoms with Crippen molar-refractivity contribution in [1.82, 2.24) is 5.43 Å². The number of rotatable bonds is 2. The van der Waals surface area contributed by atoms with E-state index >= 15 is 0 Å². The number of hydrogen-bond acceptors (Lipinski definition) is 3. The maximum atomic E-state index is 10.7. The molecule has 2 N–H and O–H groups in total. The van der Waals surface area contributed by atoms with E-state index in [0.717, 1.165) is 16.3 Å². The number of hydrogen-bond donors (Lipinski definition) is 2. The normalized spacial score (nSPS) is 10.7. The lowest BCUT2D eigenvalue weighted by atomic mass is 10.1. The Morgan fingerprint density at radius 1 is 1.11 bits per heavy atom. The van der Waals surface area contributed by atoms with Crippen molar-refractivity contribution in [2.24, 2.45) is 5.10 Å². The minimum atomic E-state index is -1.56. The van der Waals surface area contributed by atoms with E-state index in [4.69, 9.17) is 5.11 Å². The summed E-state index contributed by atoms with van der Waals surface area (Å²) in [4.78, 5) is 21.0. The number of aliphatic carboxylic acids is 1. The second-order valence-corrected chi connectivity index (χ2v) is 3.61. The van der Waals surface area contributed by atoms with Crippen LogP contribution in [0.25, 0.3) is 10.8 Å². The van der Waals surface area contributed by atoms with Gasteiger partial charge >= 0.3 is 11.9 Å². The van der Waals surface area contributed by atoms with Crippen LogP contribution in [0.15, 0.2) is 47.6 Å². The molecule has 0 saturated carbocycles. The summed E-state index contributed by atoms with van der Waals surface area (Å²) in [5.74, 6) is -2.72. The van der Waals surface area contributed by atoms with Crippen molar-refractivity contribution in [3.8, 4) is 0 Å². The maximum Gasteiger partial charge on any atom is 0.396 e. The minimum Gasteiger partial charge on any atom is -0.474 e. The Kier molecular flexibility index (Phi) is 3.33. The number of hydrazone groups is 1. The SMILES string of the molecule is O=C(O)C(=O)NN=Cc1ccc2ccccc2c1. The van der Waals surface area contributed by atoms with E-state index in [1.807, 2.05) is 47.9 Å². The second kappa shape index (κ2) is 5.09. The first kappa shape index (κ1) is 11.8. The maximum absolute atomic E-state index is 10.7. The molecule has 0 atom stereocenters. The molecule has 1 amide bonds. The zero-order valence-corrected chi connectivity index (χ0v) is 9.33. The molecule has 2 rings (SSSR count). The molecule has 0 aliphatic carbocycles. The van der Waals surface area contributed by atoms with Crippen LogP contribution in [-0.2, 0) is 9.59 Å². The van der Waals surface area contributed by atoms with E-state index in [1.165, 1.54) is 6.21 Å². The quantitative estimate of drug-likeness (QED) is 0.474. The number of carbonyl (C=O) groups is 2. The lowest BCUT2D eigenvalue weighted by Gasteiger charge is -1.98. The Balaban J connectivity index is 2.14. The Hall–Kier alpha value is -2.69. The van der Waals surface area contributed by atoms with Crippen LogP contribution in [0.2, 0.25) is 0 Å². The number of nitrogens with zero attached hydrogens (tertiary/aromatic N) is 1. The number of fused-ring (bicyclic) bond motifs is 1. The zero-order valence-electron chi connectivity index (χ0n) is 9.33. The van der Waals surface area contributed by atoms with Gasteiger partial charge in [-0.25, -0.2) is 10.2 Å². The summed E-state index contributed by atoms with van der Waals surface area (Å²) in [6.45, 7) is 0. The Labute approximate surface area is 103 Å². The van der Waals surface area contributed by atoms with Crippen LogP contribution in [0.3, 0.4) is 0 Å². The molecule has 0 bridgehead atoms. The highest BCUT2D eigenvalue weighted by Gasteiger charge is 2.08. The van der Waals surface area contributed by atoms with Gasteiger partial charge in [0.25, 0.3) is 0 Å². The molecule has 5 nitrogen and oxygen atoms in total. The van der Waals surface area contributed by atoms with Crippen LogP contribution >= 0.6 is 0 Å². The van der Waals surface area contributed by atoms with Gasteiger partial charge in [-0.1, -0.05) is 36.4 Å². The van der Waals surface area contributed by atoms with Crippen LogP contribution in [0.4, 0.5) is 0 Å². The molecule has 0 spiro atoms. The minimum absolute atomic E-state index is 0.777. The fraction of sp³-hybridized carbons (Fsp3) is 0. The standard InChI is InChI=1S/C13H10N2O3/c16-12(13(17)18)15-14-8-9-5-6-10-3-1-2-4-11(10)7-9/h1-8H,(H,15,16)(H,17,18). The van der Waals surface area contributed by atoms with Gasteiger partial charge in [-0.05, 0) is 22.4 Å². The van der Waals surface area contributed by atoms with Crippen molar-refractivity contribution in [2.75, 3.05) is 0 Å². The fourth-order valence-corrected chi connectivity index (χ4v) is 1.50. The summed E-state index contributed by atoms with van der Waals surface area (Å²) in [5.41, 5.74) is 2.69. The number of benzene rings is 2. The molecule has 0 aliphatic heterocycles. The zero-order chi connectivity index (χ0) is 13.0. The van der Waals surface area contributed by atoms with E-state index < -0.39 is 11.9 Å². The highest BCUT2D eigenvalue weighted by atomic mass is 16.4. The molecule has 0 radical (unpaired) electrons. The predicted octanol–water partition coefficient (Wildman–Crippen LogP) is 1.37. The first-order chi connectivity index (χ1) is 8.66. The van der Waals surface area contributed by atoms with E-state index in [1.54, 1.807) is 0 Å². The number of amides is 1. The summed E-state index contributed by atoms with van der Waals surface area (Å²) in [7, 11) is 0. The molecule has 18 heavy (non-hydrogen) atoms. The van der Waals surface area contributed by atoms with Gasteiger partial charge in [-0.15, -0.1) is 0 Å². The summed E-state index contributed by atoms with van der Waals surface area (Å²) < 4.78 is 0. The topological polar surface area (TPSA) is 78.8 Å². The predicted molar refractivity (Wildman–Crippen MR) is 67.3 cm³/mol. The Morgan fingerprint density at radius 2 is 1.83 bits per heavy atom.